The third-order valence-electron chi connectivity index (χ3n) is 5.57. The summed E-state index contributed by atoms with van der Waals surface area (Å²) in [6.45, 7) is 5.69. The van der Waals surface area contributed by atoms with Crippen LogP contribution < -0.4 is 10.1 Å². The zero-order valence-corrected chi connectivity index (χ0v) is 16.0. The lowest BCUT2D eigenvalue weighted by atomic mass is 9.68. The van der Waals surface area contributed by atoms with E-state index >= 15 is 0 Å². The quantitative estimate of drug-likeness (QED) is 0.498. The highest BCUT2D eigenvalue weighted by Crippen LogP contribution is 2.47. The van der Waals surface area contributed by atoms with Gasteiger partial charge in [-0.05, 0) is 49.3 Å². The van der Waals surface area contributed by atoms with E-state index in [0.717, 1.165) is 31.2 Å². The first-order valence-electron chi connectivity index (χ1n) is 9.39. The molecular weight excluding hydrogens is 330 g/mol. The lowest BCUT2D eigenvalue weighted by Gasteiger charge is -2.38. The van der Waals surface area contributed by atoms with Gasteiger partial charge in [-0.3, -0.25) is 0 Å². The van der Waals surface area contributed by atoms with Crippen LogP contribution in [0, 0.1) is 5.41 Å². The van der Waals surface area contributed by atoms with Gasteiger partial charge in [0.1, 0.15) is 11.3 Å². The molecule has 0 amide bonds. The topological polar surface area (TPSA) is 63.2 Å². The molecule has 1 aromatic carbocycles. The van der Waals surface area contributed by atoms with Gasteiger partial charge in [-0.1, -0.05) is 12.5 Å². The second-order valence-electron chi connectivity index (χ2n) is 7.22. The van der Waals surface area contributed by atoms with Crippen LogP contribution in [0.4, 0.5) is 0 Å². The first-order chi connectivity index (χ1) is 12.6. The maximum atomic E-state index is 11.8. The van der Waals surface area contributed by atoms with Gasteiger partial charge >= 0.3 is 5.97 Å². The Labute approximate surface area is 155 Å². The Morgan fingerprint density at radius 2 is 2.12 bits per heavy atom. The fourth-order valence-corrected chi connectivity index (χ4v) is 3.91. The van der Waals surface area contributed by atoms with Crippen molar-refractivity contribution in [2.24, 2.45) is 10.4 Å². The van der Waals surface area contributed by atoms with Gasteiger partial charge in [-0.25, -0.2) is 9.79 Å². The predicted molar refractivity (Wildman–Crippen MR) is 102 cm³/mol. The maximum absolute atomic E-state index is 11.8. The smallest absolute Gasteiger partial charge is 0.341 e. The van der Waals surface area contributed by atoms with Gasteiger partial charge in [0.15, 0.2) is 5.96 Å². The predicted octanol–water partition coefficient (Wildman–Crippen LogP) is 2.82. The van der Waals surface area contributed by atoms with Crippen molar-refractivity contribution in [3.05, 3.63) is 29.3 Å². The number of nitrogens with one attached hydrogen (secondary N) is 1. The Morgan fingerprint density at radius 1 is 1.31 bits per heavy atom. The molecular formula is C20H29N3O3. The molecule has 1 spiro atoms. The Bertz CT molecular complexity index is 683. The summed E-state index contributed by atoms with van der Waals surface area (Å²) in [6, 6.07) is 5.50. The normalized spacial score (nSPS) is 18.6. The zero-order chi connectivity index (χ0) is 18.6. The monoisotopic (exact) mass is 359 g/mol. The van der Waals surface area contributed by atoms with E-state index in [0.29, 0.717) is 23.3 Å². The Morgan fingerprint density at radius 3 is 2.69 bits per heavy atom. The van der Waals surface area contributed by atoms with Gasteiger partial charge in [-0.2, -0.15) is 0 Å². The molecule has 1 heterocycles. The summed E-state index contributed by atoms with van der Waals surface area (Å²) >= 11 is 0. The number of benzene rings is 1. The molecule has 6 nitrogen and oxygen atoms in total. The van der Waals surface area contributed by atoms with Crippen LogP contribution >= 0.6 is 0 Å². The third-order valence-corrected chi connectivity index (χ3v) is 5.57. The number of rotatable bonds is 5. The van der Waals surface area contributed by atoms with E-state index in [-0.39, 0.29) is 0 Å². The van der Waals surface area contributed by atoms with E-state index in [2.05, 4.69) is 17.1 Å². The van der Waals surface area contributed by atoms with Gasteiger partial charge in [-0.15, -0.1) is 0 Å². The SMILES string of the molecule is CCNC(=NCc1ccc(C(=O)OC)c(OC)c1)N1CCC2(CCC2)C1. The van der Waals surface area contributed by atoms with Crippen molar-refractivity contribution in [3.63, 3.8) is 0 Å². The molecule has 0 aromatic heterocycles. The molecule has 0 radical (unpaired) electrons. The first kappa shape index (κ1) is 18.5. The molecule has 142 valence electrons. The highest BCUT2D eigenvalue weighted by Gasteiger charge is 2.43. The van der Waals surface area contributed by atoms with Crippen LogP contribution in [0.1, 0.15) is 48.5 Å². The van der Waals surface area contributed by atoms with Gasteiger partial charge < -0.3 is 19.7 Å². The highest BCUT2D eigenvalue weighted by atomic mass is 16.5. The molecule has 1 saturated carbocycles. The van der Waals surface area contributed by atoms with E-state index in [1.54, 1.807) is 13.2 Å². The molecule has 0 bridgehead atoms. The number of esters is 1. The molecule has 0 atom stereocenters. The van der Waals surface area contributed by atoms with Crippen LogP contribution in [0.2, 0.25) is 0 Å². The number of carbonyl (C=O) groups is 1. The standard InChI is InChI=1S/C20H29N3O3/c1-4-21-19(23-11-10-20(14-23)8-5-9-20)22-13-15-6-7-16(18(24)26-3)17(12-15)25-2/h6-7,12H,4-5,8-11,13-14H2,1-3H3,(H,21,22). The second-order valence-corrected chi connectivity index (χ2v) is 7.22. The number of aliphatic imine (C=N–C) groups is 1. The second kappa shape index (κ2) is 7.98. The maximum Gasteiger partial charge on any atom is 0.341 e. The average molecular weight is 359 g/mol. The first-order valence-corrected chi connectivity index (χ1v) is 9.39. The van der Waals surface area contributed by atoms with Crippen LogP contribution in [-0.4, -0.2) is 50.7 Å². The summed E-state index contributed by atoms with van der Waals surface area (Å²) < 4.78 is 10.1. The van der Waals surface area contributed by atoms with Crippen LogP contribution in [0.25, 0.3) is 0 Å². The van der Waals surface area contributed by atoms with Crippen molar-refractivity contribution in [1.29, 1.82) is 0 Å². The van der Waals surface area contributed by atoms with Crippen LogP contribution in [-0.2, 0) is 11.3 Å². The minimum absolute atomic E-state index is 0.395. The van der Waals surface area contributed by atoms with Crippen molar-refractivity contribution in [1.82, 2.24) is 10.2 Å². The molecule has 0 unspecified atom stereocenters. The summed E-state index contributed by atoms with van der Waals surface area (Å²) in [5, 5.41) is 3.42. The Hall–Kier alpha value is -2.24. The molecule has 6 heteroatoms. The average Bonchev–Trinajstić information content (AvgIpc) is 3.10. The van der Waals surface area contributed by atoms with Gasteiger partial charge in [0.2, 0.25) is 0 Å². The van der Waals surface area contributed by atoms with Crippen molar-refractivity contribution >= 4 is 11.9 Å². The fraction of sp³-hybridized carbons (Fsp3) is 0.600. The number of guanidine groups is 1. The van der Waals surface area contributed by atoms with Crippen molar-refractivity contribution < 1.29 is 14.3 Å². The molecule has 26 heavy (non-hydrogen) atoms. The third kappa shape index (κ3) is 3.79. The fourth-order valence-electron chi connectivity index (χ4n) is 3.91. The van der Waals surface area contributed by atoms with Crippen molar-refractivity contribution in [2.45, 2.75) is 39.2 Å². The molecule has 2 aliphatic rings. The Kier molecular flexibility index (Phi) is 5.69. The molecule has 1 saturated heterocycles. The highest BCUT2D eigenvalue weighted by molar-refractivity contribution is 5.92. The van der Waals surface area contributed by atoms with Gasteiger partial charge in [0.05, 0.1) is 20.8 Å². The van der Waals surface area contributed by atoms with Crippen molar-refractivity contribution in [3.8, 4) is 5.75 Å². The van der Waals surface area contributed by atoms with E-state index in [1.807, 2.05) is 12.1 Å². The Balaban J connectivity index is 1.72. The van der Waals surface area contributed by atoms with E-state index in [4.69, 9.17) is 14.5 Å². The van der Waals surface area contributed by atoms with E-state index in [9.17, 15) is 4.79 Å². The minimum atomic E-state index is -0.395. The molecule has 1 aliphatic carbocycles. The number of nitrogens with zero attached hydrogens (tertiary/aromatic N) is 2. The number of ether oxygens (including phenoxy) is 2. The van der Waals surface area contributed by atoms with Crippen LogP contribution in [0.5, 0.6) is 5.75 Å². The summed E-state index contributed by atoms with van der Waals surface area (Å²) in [5.41, 5.74) is 1.98. The summed E-state index contributed by atoms with van der Waals surface area (Å²) in [4.78, 5) is 19.0. The molecule has 2 fully saturated rings. The number of methoxy groups -OCH3 is 2. The zero-order valence-electron chi connectivity index (χ0n) is 16.0. The lowest BCUT2D eigenvalue weighted by Crippen LogP contribution is -2.42. The molecule has 1 aliphatic heterocycles. The number of likely N-dealkylation sites (tertiary alicyclic amines) is 1. The molecule has 3 rings (SSSR count). The summed E-state index contributed by atoms with van der Waals surface area (Å²) in [7, 11) is 2.93. The van der Waals surface area contributed by atoms with Crippen LogP contribution in [0.3, 0.4) is 0 Å². The number of hydrogen-bond acceptors (Lipinski definition) is 4. The summed E-state index contributed by atoms with van der Waals surface area (Å²) in [5.74, 6) is 1.10. The van der Waals surface area contributed by atoms with Gasteiger partial charge in [0, 0.05) is 19.6 Å². The van der Waals surface area contributed by atoms with Crippen molar-refractivity contribution in [2.75, 3.05) is 33.9 Å². The largest absolute Gasteiger partial charge is 0.496 e. The molecule has 1 N–H and O–H groups in total. The summed E-state index contributed by atoms with van der Waals surface area (Å²) in [6.07, 6.45) is 5.36. The number of hydrogen-bond donors (Lipinski definition) is 1. The van der Waals surface area contributed by atoms with E-state index < -0.39 is 5.97 Å². The van der Waals surface area contributed by atoms with E-state index in [1.165, 1.54) is 32.8 Å². The lowest BCUT2D eigenvalue weighted by molar-refractivity contribution is 0.0597. The van der Waals surface area contributed by atoms with Gasteiger partial charge in [0.25, 0.3) is 0 Å². The number of carbonyl (C=O) groups excluding carboxylic acids is 1. The van der Waals surface area contributed by atoms with Crippen LogP contribution in [0.15, 0.2) is 23.2 Å². The molecule has 1 aromatic rings. The minimum Gasteiger partial charge on any atom is -0.496 e.